The monoisotopic (exact) mass is 511 g/mol. The van der Waals surface area contributed by atoms with Crippen LogP contribution in [-0.2, 0) is 6.54 Å². The van der Waals surface area contributed by atoms with Crippen molar-refractivity contribution in [1.29, 1.82) is 0 Å². The Hall–Kier alpha value is -1.87. The summed E-state index contributed by atoms with van der Waals surface area (Å²) in [6.45, 7) is 10.2. The molecular formula is C22H34IN5O. The molecule has 1 aromatic heterocycles. The Balaban J connectivity index is 0.00000420. The fraction of sp³-hybridized carbons (Fsp3) is 0.455. The number of benzene rings is 1. The molecule has 2 aromatic rings. The number of pyridine rings is 1. The standard InChI is InChI=1S/C22H33N5O.HI/c1-4-23-22(24-15-14-20(28)19-10-8-7-9-11-19)26-17-18-12-13-21(25-16-18)27(5-2)6-3;/h7-13,16,20,28H,4-6,14-15,17H2,1-3H3,(H2,23,24,26);1H. The second-order valence-electron chi connectivity index (χ2n) is 6.53. The van der Waals surface area contributed by atoms with Gasteiger partial charge in [0, 0.05) is 32.4 Å². The Kier molecular flexibility index (Phi) is 12.3. The van der Waals surface area contributed by atoms with Gasteiger partial charge < -0.3 is 20.6 Å². The van der Waals surface area contributed by atoms with E-state index in [2.05, 4.69) is 51.5 Å². The Labute approximate surface area is 191 Å². The molecule has 1 unspecified atom stereocenters. The third kappa shape index (κ3) is 8.57. The quantitative estimate of drug-likeness (QED) is 0.258. The van der Waals surface area contributed by atoms with Gasteiger partial charge in [-0.3, -0.25) is 0 Å². The van der Waals surface area contributed by atoms with Crippen LogP contribution in [0.15, 0.2) is 53.7 Å². The first-order valence-electron chi connectivity index (χ1n) is 10.1. The lowest BCUT2D eigenvalue weighted by atomic mass is 10.1. The molecule has 0 aliphatic rings. The van der Waals surface area contributed by atoms with Crippen molar-refractivity contribution in [3.05, 3.63) is 59.8 Å². The van der Waals surface area contributed by atoms with Crippen LogP contribution < -0.4 is 15.5 Å². The number of anilines is 1. The number of aliphatic hydroxyl groups is 1. The second kappa shape index (κ2) is 14.2. The molecule has 0 amide bonds. The molecular weight excluding hydrogens is 477 g/mol. The van der Waals surface area contributed by atoms with Crippen LogP contribution in [0.5, 0.6) is 0 Å². The zero-order valence-electron chi connectivity index (χ0n) is 17.6. The Morgan fingerprint density at radius 1 is 1.07 bits per heavy atom. The normalized spacial score (nSPS) is 12.1. The number of halogens is 1. The number of hydrogen-bond acceptors (Lipinski definition) is 4. The van der Waals surface area contributed by atoms with Crippen LogP contribution in [0.4, 0.5) is 5.82 Å². The van der Waals surface area contributed by atoms with Crippen molar-refractivity contribution in [3.8, 4) is 0 Å². The van der Waals surface area contributed by atoms with Crippen molar-refractivity contribution in [2.24, 2.45) is 4.99 Å². The fourth-order valence-corrected chi connectivity index (χ4v) is 2.93. The molecule has 29 heavy (non-hydrogen) atoms. The molecule has 0 aliphatic heterocycles. The summed E-state index contributed by atoms with van der Waals surface area (Å²) in [5, 5.41) is 16.8. The maximum Gasteiger partial charge on any atom is 0.191 e. The molecule has 0 saturated carbocycles. The third-order valence-electron chi connectivity index (χ3n) is 4.56. The first kappa shape index (κ1) is 25.2. The largest absolute Gasteiger partial charge is 0.388 e. The highest BCUT2D eigenvalue weighted by molar-refractivity contribution is 14.0. The Morgan fingerprint density at radius 2 is 1.79 bits per heavy atom. The van der Waals surface area contributed by atoms with E-state index in [0.717, 1.165) is 42.5 Å². The van der Waals surface area contributed by atoms with E-state index in [-0.39, 0.29) is 24.0 Å². The van der Waals surface area contributed by atoms with Gasteiger partial charge in [-0.2, -0.15) is 0 Å². The van der Waals surface area contributed by atoms with Gasteiger partial charge in [-0.05, 0) is 44.4 Å². The van der Waals surface area contributed by atoms with Crippen LogP contribution in [0.3, 0.4) is 0 Å². The molecule has 0 fully saturated rings. The smallest absolute Gasteiger partial charge is 0.191 e. The molecule has 7 heteroatoms. The highest BCUT2D eigenvalue weighted by atomic mass is 127. The summed E-state index contributed by atoms with van der Waals surface area (Å²) in [6, 6.07) is 13.8. The SMILES string of the molecule is CCNC(=NCc1ccc(N(CC)CC)nc1)NCCC(O)c1ccccc1.I. The molecule has 6 nitrogen and oxygen atoms in total. The highest BCUT2D eigenvalue weighted by Gasteiger charge is 2.07. The van der Waals surface area contributed by atoms with Crippen LogP contribution in [0.1, 0.15) is 44.4 Å². The van der Waals surface area contributed by atoms with Crippen molar-refractivity contribution in [1.82, 2.24) is 15.6 Å². The Morgan fingerprint density at radius 3 is 2.38 bits per heavy atom. The zero-order valence-corrected chi connectivity index (χ0v) is 20.0. The van der Waals surface area contributed by atoms with Crippen molar-refractivity contribution >= 4 is 35.8 Å². The van der Waals surface area contributed by atoms with Gasteiger partial charge in [0.1, 0.15) is 5.82 Å². The summed E-state index contributed by atoms with van der Waals surface area (Å²) in [6.07, 6.45) is 2.03. The maximum absolute atomic E-state index is 10.3. The van der Waals surface area contributed by atoms with Gasteiger partial charge in [-0.1, -0.05) is 36.4 Å². The van der Waals surface area contributed by atoms with Gasteiger partial charge in [-0.25, -0.2) is 9.98 Å². The molecule has 0 aliphatic carbocycles. The van der Waals surface area contributed by atoms with Gasteiger partial charge >= 0.3 is 0 Å². The average Bonchev–Trinajstić information content (AvgIpc) is 2.74. The summed E-state index contributed by atoms with van der Waals surface area (Å²) in [5.74, 6) is 1.74. The third-order valence-corrected chi connectivity index (χ3v) is 4.56. The van der Waals surface area contributed by atoms with Gasteiger partial charge in [0.05, 0.1) is 12.6 Å². The lowest BCUT2D eigenvalue weighted by Gasteiger charge is -2.19. The van der Waals surface area contributed by atoms with Crippen LogP contribution in [0.2, 0.25) is 0 Å². The predicted molar refractivity (Wildman–Crippen MR) is 132 cm³/mol. The van der Waals surface area contributed by atoms with Crippen molar-refractivity contribution in [2.45, 2.75) is 39.8 Å². The van der Waals surface area contributed by atoms with E-state index in [9.17, 15) is 5.11 Å². The van der Waals surface area contributed by atoms with Gasteiger partial charge in [0.2, 0.25) is 0 Å². The number of nitrogens with zero attached hydrogens (tertiary/aromatic N) is 3. The molecule has 160 valence electrons. The van der Waals surface area contributed by atoms with E-state index in [0.29, 0.717) is 19.5 Å². The second-order valence-corrected chi connectivity index (χ2v) is 6.53. The molecule has 1 atom stereocenters. The topological polar surface area (TPSA) is 72.8 Å². The van der Waals surface area contributed by atoms with Crippen LogP contribution >= 0.6 is 24.0 Å². The number of aliphatic imine (C=N–C) groups is 1. The van der Waals surface area contributed by atoms with E-state index in [1.807, 2.05) is 43.5 Å². The van der Waals surface area contributed by atoms with E-state index in [1.54, 1.807) is 0 Å². The molecule has 2 rings (SSSR count). The number of aliphatic hydroxyl groups excluding tert-OH is 1. The van der Waals surface area contributed by atoms with Crippen LogP contribution in [0.25, 0.3) is 0 Å². The summed E-state index contributed by atoms with van der Waals surface area (Å²) in [5.41, 5.74) is 2.00. The molecule has 3 N–H and O–H groups in total. The molecule has 1 aromatic carbocycles. The predicted octanol–water partition coefficient (Wildman–Crippen LogP) is 3.72. The summed E-state index contributed by atoms with van der Waals surface area (Å²) in [7, 11) is 0. The van der Waals surface area contributed by atoms with Gasteiger partial charge in [-0.15, -0.1) is 24.0 Å². The minimum Gasteiger partial charge on any atom is -0.388 e. The van der Waals surface area contributed by atoms with E-state index in [1.165, 1.54) is 0 Å². The summed E-state index contributed by atoms with van der Waals surface area (Å²) in [4.78, 5) is 11.4. The lowest BCUT2D eigenvalue weighted by molar-refractivity contribution is 0.168. The van der Waals surface area contributed by atoms with Crippen LogP contribution in [0, 0.1) is 0 Å². The summed E-state index contributed by atoms with van der Waals surface area (Å²) < 4.78 is 0. The van der Waals surface area contributed by atoms with Crippen molar-refractivity contribution in [3.63, 3.8) is 0 Å². The van der Waals surface area contributed by atoms with Crippen molar-refractivity contribution in [2.75, 3.05) is 31.1 Å². The maximum atomic E-state index is 10.3. The van der Waals surface area contributed by atoms with Crippen molar-refractivity contribution < 1.29 is 5.11 Å². The highest BCUT2D eigenvalue weighted by Crippen LogP contribution is 2.15. The number of nitrogens with one attached hydrogen (secondary N) is 2. The molecule has 0 bridgehead atoms. The minimum atomic E-state index is -0.478. The Bertz CT molecular complexity index is 705. The zero-order chi connectivity index (χ0) is 20.2. The van der Waals surface area contributed by atoms with E-state index >= 15 is 0 Å². The fourth-order valence-electron chi connectivity index (χ4n) is 2.93. The van der Waals surface area contributed by atoms with Crippen LogP contribution in [-0.4, -0.2) is 42.2 Å². The molecule has 1 heterocycles. The molecule has 0 spiro atoms. The number of guanidine groups is 1. The first-order chi connectivity index (χ1) is 13.7. The van der Waals surface area contributed by atoms with E-state index in [4.69, 9.17) is 0 Å². The number of rotatable bonds is 10. The molecule has 0 radical (unpaired) electrons. The number of aromatic nitrogens is 1. The first-order valence-corrected chi connectivity index (χ1v) is 10.1. The average molecular weight is 511 g/mol. The lowest BCUT2D eigenvalue weighted by Crippen LogP contribution is -2.38. The minimum absolute atomic E-state index is 0. The van der Waals surface area contributed by atoms with Gasteiger partial charge in [0.25, 0.3) is 0 Å². The van der Waals surface area contributed by atoms with E-state index < -0.39 is 6.10 Å². The number of hydrogen-bond donors (Lipinski definition) is 3. The summed E-state index contributed by atoms with van der Waals surface area (Å²) >= 11 is 0. The molecule has 0 saturated heterocycles. The van der Waals surface area contributed by atoms with Gasteiger partial charge in [0.15, 0.2) is 5.96 Å².